The molecule has 0 aliphatic carbocycles. The molecule has 0 aromatic carbocycles. The summed E-state index contributed by atoms with van der Waals surface area (Å²) in [5.41, 5.74) is 0. The van der Waals surface area contributed by atoms with E-state index in [4.69, 9.17) is 4.42 Å². The lowest BCUT2D eigenvalue weighted by atomic mass is 10.2. The number of nitrogens with one attached hydrogen (secondary N) is 1. The van der Waals surface area contributed by atoms with Gasteiger partial charge >= 0.3 is 0 Å². The summed E-state index contributed by atoms with van der Waals surface area (Å²) in [6.45, 7) is 7.01. The number of hydrogen-bond donors (Lipinski definition) is 1. The summed E-state index contributed by atoms with van der Waals surface area (Å²) in [5.74, 6) is 2.75. The maximum atomic E-state index is 5.57. The van der Waals surface area contributed by atoms with Crippen molar-refractivity contribution in [1.82, 2.24) is 9.55 Å². The highest BCUT2D eigenvalue weighted by Gasteiger charge is 2.11. The summed E-state index contributed by atoms with van der Waals surface area (Å²) in [6, 6.07) is 4.09. The quantitative estimate of drug-likeness (QED) is 0.859. The van der Waals surface area contributed by atoms with Gasteiger partial charge in [-0.25, -0.2) is 4.98 Å². The zero-order valence-corrected chi connectivity index (χ0v) is 9.90. The fourth-order valence-electron chi connectivity index (χ4n) is 1.66. The highest BCUT2D eigenvalue weighted by atomic mass is 16.3. The average Bonchev–Trinajstić information content (AvgIpc) is 2.86. The molecule has 0 aliphatic heterocycles. The first-order chi connectivity index (χ1) is 7.70. The maximum absolute atomic E-state index is 5.57. The van der Waals surface area contributed by atoms with Crippen molar-refractivity contribution in [3.05, 3.63) is 36.0 Å². The van der Waals surface area contributed by atoms with Crippen molar-refractivity contribution in [3.63, 3.8) is 0 Å². The smallest absolute Gasteiger partial charge is 0.203 e. The minimum atomic E-state index is 0.126. The Kier molecular flexibility index (Phi) is 2.99. The van der Waals surface area contributed by atoms with Crippen molar-refractivity contribution in [2.45, 2.75) is 33.4 Å². The Hall–Kier alpha value is -1.71. The summed E-state index contributed by atoms with van der Waals surface area (Å²) in [5, 5.41) is 3.33. The first-order valence-corrected chi connectivity index (χ1v) is 5.54. The Morgan fingerprint density at radius 3 is 2.94 bits per heavy atom. The molecule has 16 heavy (non-hydrogen) atoms. The third kappa shape index (κ3) is 2.10. The molecule has 0 spiro atoms. The van der Waals surface area contributed by atoms with Crippen LogP contribution in [0.2, 0.25) is 0 Å². The summed E-state index contributed by atoms with van der Waals surface area (Å²) in [6.07, 6.45) is 3.76. The van der Waals surface area contributed by atoms with Gasteiger partial charge in [-0.05, 0) is 32.9 Å². The van der Waals surface area contributed by atoms with Crippen molar-refractivity contribution in [3.8, 4) is 0 Å². The van der Waals surface area contributed by atoms with E-state index in [2.05, 4.69) is 28.7 Å². The average molecular weight is 219 g/mol. The van der Waals surface area contributed by atoms with Crippen molar-refractivity contribution in [1.29, 1.82) is 0 Å². The Morgan fingerprint density at radius 1 is 1.50 bits per heavy atom. The van der Waals surface area contributed by atoms with Crippen LogP contribution in [0, 0.1) is 6.92 Å². The molecule has 1 atom stereocenters. The molecule has 0 amide bonds. The Morgan fingerprint density at radius 2 is 2.31 bits per heavy atom. The number of furan rings is 1. The van der Waals surface area contributed by atoms with Crippen LogP contribution in [0.5, 0.6) is 0 Å². The molecule has 4 nitrogen and oxygen atoms in total. The minimum Gasteiger partial charge on any atom is -0.464 e. The Balaban J connectivity index is 2.10. The number of aromatic nitrogens is 2. The van der Waals surface area contributed by atoms with Crippen LogP contribution in [0.3, 0.4) is 0 Å². The predicted octanol–water partition coefficient (Wildman–Crippen LogP) is 2.98. The van der Waals surface area contributed by atoms with E-state index in [1.165, 1.54) is 0 Å². The molecule has 4 heteroatoms. The second-order valence-electron chi connectivity index (χ2n) is 3.85. The summed E-state index contributed by atoms with van der Waals surface area (Å²) in [7, 11) is 0. The van der Waals surface area contributed by atoms with E-state index in [9.17, 15) is 0 Å². The third-order valence-electron chi connectivity index (χ3n) is 2.59. The van der Waals surface area contributed by atoms with Gasteiger partial charge in [0.25, 0.3) is 0 Å². The fraction of sp³-hybridized carbons (Fsp3) is 0.417. The molecule has 2 aromatic rings. The molecule has 2 heterocycles. The van der Waals surface area contributed by atoms with E-state index >= 15 is 0 Å². The van der Waals surface area contributed by atoms with Crippen LogP contribution in [-0.4, -0.2) is 9.55 Å². The normalized spacial score (nSPS) is 12.7. The molecule has 2 aromatic heterocycles. The van der Waals surface area contributed by atoms with Gasteiger partial charge in [-0.3, -0.25) is 0 Å². The highest BCUT2D eigenvalue weighted by Crippen LogP contribution is 2.19. The molecule has 1 unspecified atom stereocenters. The number of hydrogen-bond acceptors (Lipinski definition) is 3. The predicted molar refractivity (Wildman–Crippen MR) is 63.4 cm³/mol. The summed E-state index contributed by atoms with van der Waals surface area (Å²) in [4.78, 5) is 4.27. The SMILES string of the molecule is CCn1ccnc1NC(C)c1ccc(C)o1. The minimum absolute atomic E-state index is 0.126. The van der Waals surface area contributed by atoms with E-state index in [1.807, 2.05) is 25.3 Å². The van der Waals surface area contributed by atoms with E-state index in [-0.39, 0.29) is 6.04 Å². The van der Waals surface area contributed by atoms with Gasteiger partial charge in [-0.2, -0.15) is 0 Å². The van der Waals surface area contributed by atoms with Crippen molar-refractivity contribution in [2.24, 2.45) is 0 Å². The van der Waals surface area contributed by atoms with Crippen molar-refractivity contribution >= 4 is 5.95 Å². The van der Waals surface area contributed by atoms with Crippen LogP contribution in [0.25, 0.3) is 0 Å². The third-order valence-corrected chi connectivity index (χ3v) is 2.59. The zero-order chi connectivity index (χ0) is 11.5. The first-order valence-electron chi connectivity index (χ1n) is 5.54. The summed E-state index contributed by atoms with van der Waals surface area (Å²) >= 11 is 0. The lowest BCUT2D eigenvalue weighted by Gasteiger charge is -2.13. The molecule has 1 N–H and O–H groups in total. The molecule has 0 bridgehead atoms. The first kappa shape index (κ1) is 10.8. The van der Waals surface area contributed by atoms with E-state index in [0.29, 0.717) is 0 Å². The second kappa shape index (κ2) is 4.43. The molecule has 0 aliphatic rings. The largest absolute Gasteiger partial charge is 0.464 e. The van der Waals surface area contributed by atoms with Crippen LogP contribution in [0.1, 0.15) is 31.4 Å². The standard InChI is InChI=1S/C12H17N3O/c1-4-15-8-7-13-12(15)14-10(3)11-6-5-9(2)16-11/h5-8,10H,4H2,1-3H3,(H,13,14). The van der Waals surface area contributed by atoms with E-state index < -0.39 is 0 Å². The molecule has 2 rings (SSSR count). The highest BCUT2D eigenvalue weighted by molar-refractivity contribution is 5.29. The number of aryl methyl sites for hydroxylation is 2. The van der Waals surface area contributed by atoms with Crippen LogP contribution in [0.4, 0.5) is 5.95 Å². The molecule has 0 radical (unpaired) electrons. The monoisotopic (exact) mass is 219 g/mol. The Labute approximate surface area is 95.3 Å². The van der Waals surface area contributed by atoms with E-state index in [1.54, 1.807) is 6.20 Å². The number of imidazole rings is 1. The lowest BCUT2D eigenvalue weighted by molar-refractivity contribution is 0.465. The van der Waals surface area contributed by atoms with Crippen LogP contribution in [-0.2, 0) is 6.54 Å². The number of rotatable bonds is 4. The number of nitrogens with zero attached hydrogens (tertiary/aromatic N) is 2. The Bertz CT molecular complexity index is 458. The van der Waals surface area contributed by atoms with Gasteiger partial charge in [0.2, 0.25) is 5.95 Å². The molecular formula is C12H17N3O. The van der Waals surface area contributed by atoms with Gasteiger partial charge in [-0.1, -0.05) is 0 Å². The molecular weight excluding hydrogens is 202 g/mol. The van der Waals surface area contributed by atoms with Gasteiger partial charge in [0.1, 0.15) is 11.5 Å². The van der Waals surface area contributed by atoms with Crippen LogP contribution in [0.15, 0.2) is 28.9 Å². The van der Waals surface area contributed by atoms with Crippen LogP contribution >= 0.6 is 0 Å². The van der Waals surface area contributed by atoms with Gasteiger partial charge in [0.05, 0.1) is 6.04 Å². The molecule has 0 saturated carbocycles. The molecule has 0 fully saturated rings. The summed E-state index contributed by atoms with van der Waals surface area (Å²) < 4.78 is 7.63. The van der Waals surface area contributed by atoms with Gasteiger partial charge in [0.15, 0.2) is 0 Å². The lowest BCUT2D eigenvalue weighted by Crippen LogP contribution is -2.10. The fourth-order valence-corrected chi connectivity index (χ4v) is 1.66. The molecule has 0 saturated heterocycles. The molecule has 86 valence electrons. The van der Waals surface area contributed by atoms with E-state index in [0.717, 1.165) is 24.0 Å². The van der Waals surface area contributed by atoms with Gasteiger partial charge in [0, 0.05) is 18.9 Å². The van der Waals surface area contributed by atoms with Gasteiger partial charge in [-0.15, -0.1) is 0 Å². The number of anilines is 1. The maximum Gasteiger partial charge on any atom is 0.203 e. The van der Waals surface area contributed by atoms with Crippen molar-refractivity contribution < 1.29 is 4.42 Å². The van der Waals surface area contributed by atoms with Gasteiger partial charge < -0.3 is 14.3 Å². The van der Waals surface area contributed by atoms with Crippen molar-refractivity contribution in [2.75, 3.05) is 5.32 Å². The second-order valence-corrected chi connectivity index (χ2v) is 3.85. The topological polar surface area (TPSA) is 43.0 Å². The van der Waals surface area contributed by atoms with Crippen LogP contribution < -0.4 is 5.32 Å². The zero-order valence-electron chi connectivity index (χ0n) is 9.90.